The number of aromatic carboxylic acids is 1. The number of fused-ring (bicyclic) bond motifs is 1. The lowest BCUT2D eigenvalue weighted by Gasteiger charge is -2.15. The molecule has 0 bridgehead atoms. The van der Waals surface area contributed by atoms with Gasteiger partial charge in [0, 0.05) is 35.6 Å². The molecule has 0 spiro atoms. The van der Waals surface area contributed by atoms with Gasteiger partial charge in [-0.25, -0.2) is 9.78 Å². The molecule has 0 atom stereocenters. The second-order valence-corrected chi connectivity index (χ2v) is 9.16. The zero-order valence-corrected chi connectivity index (χ0v) is 21.9. The van der Waals surface area contributed by atoms with Crippen LogP contribution in [0.3, 0.4) is 0 Å². The molecule has 0 aliphatic carbocycles. The molecular weight excluding hydrogens is 508 g/mol. The van der Waals surface area contributed by atoms with Crippen LogP contribution >= 0.6 is 0 Å². The van der Waals surface area contributed by atoms with Gasteiger partial charge in [-0.1, -0.05) is 12.1 Å². The summed E-state index contributed by atoms with van der Waals surface area (Å²) in [7, 11) is 1.48. The number of ether oxygens (including phenoxy) is 1. The number of rotatable bonds is 9. The van der Waals surface area contributed by atoms with Crippen molar-refractivity contribution in [2.75, 3.05) is 7.11 Å². The molecule has 3 aromatic carbocycles. The first kappa shape index (κ1) is 26.2. The number of hydrogen-bond acceptors (Lipinski definition) is 6. The average Bonchev–Trinajstić information content (AvgIpc) is 3.63. The van der Waals surface area contributed by atoms with E-state index in [1.54, 1.807) is 30.3 Å². The van der Waals surface area contributed by atoms with Gasteiger partial charge < -0.3 is 19.7 Å². The molecule has 0 aliphatic rings. The summed E-state index contributed by atoms with van der Waals surface area (Å²) in [6.07, 6.45) is 3.90. The number of aromatic nitrogens is 4. The SMILES string of the molecule is CCn1cc(Cc2ccc(C(=O)NCc3ncn[nH]3)cc2-c2ccc(OC)cc2C(=O)O)c2ccc(C#N)cc21. The van der Waals surface area contributed by atoms with Crippen LogP contribution in [0.25, 0.3) is 22.0 Å². The lowest BCUT2D eigenvalue weighted by Crippen LogP contribution is -2.23. The number of methoxy groups -OCH3 is 1. The largest absolute Gasteiger partial charge is 0.497 e. The zero-order valence-electron chi connectivity index (χ0n) is 21.9. The number of aromatic amines is 1. The van der Waals surface area contributed by atoms with Crippen molar-refractivity contribution < 1.29 is 19.4 Å². The van der Waals surface area contributed by atoms with Crippen molar-refractivity contribution in [1.29, 1.82) is 5.26 Å². The molecule has 2 aromatic heterocycles. The number of nitrogens with one attached hydrogen (secondary N) is 2. The van der Waals surface area contributed by atoms with Crippen molar-refractivity contribution in [3.05, 3.63) is 101 Å². The van der Waals surface area contributed by atoms with Gasteiger partial charge in [-0.3, -0.25) is 9.89 Å². The van der Waals surface area contributed by atoms with Gasteiger partial charge in [-0.2, -0.15) is 10.4 Å². The van der Waals surface area contributed by atoms with Gasteiger partial charge in [0.2, 0.25) is 0 Å². The van der Waals surface area contributed by atoms with E-state index in [4.69, 9.17) is 4.74 Å². The second kappa shape index (κ2) is 11.1. The molecule has 2 heterocycles. The number of carbonyl (C=O) groups is 2. The van der Waals surface area contributed by atoms with Crippen LogP contribution in [0.1, 0.15) is 50.2 Å². The highest BCUT2D eigenvalue weighted by Gasteiger charge is 2.20. The Balaban J connectivity index is 1.61. The molecule has 3 N–H and O–H groups in total. The number of aryl methyl sites for hydroxylation is 1. The van der Waals surface area contributed by atoms with Crippen molar-refractivity contribution in [1.82, 2.24) is 25.1 Å². The predicted molar refractivity (Wildman–Crippen MR) is 148 cm³/mol. The zero-order chi connectivity index (χ0) is 28.2. The molecule has 5 rings (SSSR count). The molecule has 10 nitrogen and oxygen atoms in total. The van der Waals surface area contributed by atoms with Crippen LogP contribution in [0.2, 0.25) is 0 Å². The van der Waals surface area contributed by atoms with Crippen LogP contribution in [0.15, 0.2) is 67.1 Å². The van der Waals surface area contributed by atoms with E-state index >= 15 is 0 Å². The van der Waals surface area contributed by atoms with E-state index < -0.39 is 5.97 Å². The summed E-state index contributed by atoms with van der Waals surface area (Å²) in [4.78, 5) is 29.4. The van der Waals surface area contributed by atoms with Gasteiger partial charge in [-0.05, 0) is 71.6 Å². The Labute approximate surface area is 229 Å². The number of amides is 1. The number of hydrogen-bond donors (Lipinski definition) is 3. The molecule has 1 amide bonds. The third-order valence-corrected chi connectivity index (χ3v) is 6.82. The summed E-state index contributed by atoms with van der Waals surface area (Å²) >= 11 is 0. The van der Waals surface area contributed by atoms with E-state index in [0.29, 0.717) is 40.2 Å². The van der Waals surface area contributed by atoms with E-state index in [9.17, 15) is 20.0 Å². The van der Waals surface area contributed by atoms with Crippen molar-refractivity contribution in [3.63, 3.8) is 0 Å². The van der Waals surface area contributed by atoms with Crippen LogP contribution in [0.5, 0.6) is 5.75 Å². The first-order valence-corrected chi connectivity index (χ1v) is 12.6. The number of nitriles is 1. The maximum absolute atomic E-state index is 13.1. The monoisotopic (exact) mass is 534 g/mol. The Hall–Kier alpha value is -5.43. The number of benzene rings is 3. The van der Waals surface area contributed by atoms with E-state index in [1.807, 2.05) is 25.1 Å². The number of nitrogens with zero attached hydrogens (tertiary/aromatic N) is 4. The van der Waals surface area contributed by atoms with E-state index in [1.165, 1.54) is 19.5 Å². The molecule has 0 radical (unpaired) electrons. The van der Waals surface area contributed by atoms with Gasteiger partial charge in [-0.15, -0.1) is 0 Å². The lowest BCUT2D eigenvalue weighted by atomic mass is 9.90. The number of carboxylic acid groups (broad SMARTS) is 1. The molecule has 5 aromatic rings. The summed E-state index contributed by atoms with van der Waals surface area (Å²) in [5, 5.41) is 29.7. The number of carbonyl (C=O) groups excluding carboxylic acids is 1. The molecule has 10 heteroatoms. The Bertz CT molecular complexity index is 1770. The van der Waals surface area contributed by atoms with Crippen molar-refractivity contribution >= 4 is 22.8 Å². The highest BCUT2D eigenvalue weighted by Crippen LogP contribution is 2.34. The summed E-state index contributed by atoms with van der Waals surface area (Å²) in [6, 6.07) is 18.0. The Kier molecular flexibility index (Phi) is 7.29. The fraction of sp³-hybridized carbons (Fsp3) is 0.167. The molecular formula is C30H26N6O4. The van der Waals surface area contributed by atoms with Crippen LogP contribution in [0, 0.1) is 11.3 Å². The fourth-order valence-corrected chi connectivity index (χ4v) is 4.81. The minimum absolute atomic E-state index is 0.0643. The minimum Gasteiger partial charge on any atom is -0.497 e. The molecule has 200 valence electrons. The van der Waals surface area contributed by atoms with Crippen LogP contribution < -0.4 is 10.1 Å². The molecule has 0 saturated carbocycles. The Morgan fingerprint density at radius 2 is 1.95 bits per heavy atom. The number of H-pyrrole nitrogens is 1. The van der Waals surface area contributed by atoms with Crippen molar-refractivity contribution in [3.8, 4) is 22.9 Å². The van der Waals surface area contributed by atoms with Crippen molar-refractivity contribution in [2.24, 2.45) is 0 Å². The van der Waals surface area contributed by atoms with Gasteiger partial charge >= 0.3 is 5.97 Å². The summed E-state index contributed by atoms with van der Waals surface area (Å²) in [5.41, 5.74) is 4.94. The maximum Gasteiger partial charge on any atom is 0.336 e. The minimum atomic E-state index is -1.10. The molecule has 40 heavy (non-hydrogen) atoms. The van der Waals surface area contributed by atoms with Gasteiger partial charge in [0.05, 0.1) is 30.9 Å². The van der Waals surface area contributed by atoms with E-state index in [0.717, 1.165) is 28.6 Å². The average molecular weight is 535 g/mol. The summed E-state index contributed by atoms with van der Waals surface area (Å²) in [5.74, 6) is -0.504. The topological polar surface area (TPSA) is 146 Å². The highest BCUT2D eigenvalue weighted by molar-refractivity contribution is 6.00. The maximum atomic E-state index is 13.1. The van der Waals surface area contributed by atoms with E-state index in [2.05, 4.69) is 37.3 Å². The van der Waals surface area contributed by atoms with Crippen molar-refractivity contribution in [2.45, 2.75) is 26.4 Å². The third kappa shape index (κ3) is 5.13. The smallest absolute Gasteiger partial charge is 0.336 e. The third-order valence-electron chi connectivity index (χ3n) is 6.82. The van der Waals surface area contributed by atoms with Gasteiger partial charge in [0.25, 0.3) is 5.91 Å². The number of carboxylic acids is 1. The Morgan fingerprint density at radius 3 is 2.65 bits per heavy atom. The van der Waals surface area contributed by atoms with Crippen LogP contribution in [-0.2, 0) is 19.5 Å². The standard InChI is InChI=1S/C30H26N6O4/c1-3-36-16-21(23-8-4-18(14-31)10-27(23)36)11-19-5-6-20(29(37)32-15-28-33-17-34-35-28)12-25(19)24-9-7-22(40-2)13-26(24)30(38)39/h4-10,12-13,16-17H,3,11,15H2,1-2H3,(H,32,37)(H,38,39)(H,33,34,35). The molecule has 0 fully saturated rings. The normalized spacial score (nSPS) is 10.8. The van der Waals surface area contributed by atoms with E-state index in [-0.39, 0.29) is 18.0 Å². The summed E-state index contributed by atoms with van der Waals surface area (Å²) in [6.45, 7) is 2.93. The molecule has 0 saturated heterocycles. The molecule has 0 unspecified atom stereocenters. The quantitative estimate of drug-likeness (QED) is 0.251. The first-order chi connectivity index (χ1) is 19.4. The predicted octanol–water partition coefficient (Wildman–Crippen LogP) is 4.55. The fourth-order valence-electron chi connectivity index (χ4n) is 4.81. The summed E-state index contributed by atoms with van der Waals surface area (Å²) < 4.78 is 7.36. The second-order valence-electron chi connectivity index (χ2n) is 9.16. The highest BCUT2D eigenvalue weighted by atomic mass is 16.5. The Morgan fingerprint density at radius 1 is 1.10 bits per heavy atom. The molecule has 0 aliphatic heterocycles. The lowest BCUT2D eigenvalue weighted by molar-refractivity contribution is 0.0697. The van der Waals surface area contributed by atoms with Crippen LogP contribution in [-0.4, -0.2) is 43.8 Å². The van der Waals surface area contributed by atoms with Crippen LogP contribution in [0.4, 0.5) is 0 Å². The van der Waals surface area contributed by atoms with Gasteiger partial charge in [0.15, 0.2) is 0 Å². The first-order valence-electron chi connectivity index (χ1n) is 12.6. The van der Waals surface area contributed by atoms with Gasteiger partial charge in [0.1, 0.15) is 17.9 Å².